The summed E-state index contributed by atoms with van der Waals surface area (Å²) >= 11 is 0. The first kappa shape index (κ1) is 11.5. The highest BCUT2D eigenvalue weighted by atomic mass is 33.1. The average Bonchev–Trinajstić information content (AvgIpc) is 2.18. The van der Waals surface area contributed by atoms with Gasteiger partial charge in [0, 0.05) is 0 Å². The first-order valence-corrected chi connectivity index (χ1v) is 6.82. The zero-order valence-electron chi connectivity index (χ0n) is 7.84. The second-order valence-corrected chi connectivity index (χ2v) is 5.45. The first-order valence-electron chi connectivity index (χ1n) is 4.20. The van der Waals surface area contributed by atoms with E-state index in [1.54, 1.807) is 0 Å². The summed E-state index contributed by atoms with van der Waals surface area (Å²) in [5.74, 6) is -0.742. The molecule has 1 aromatic rings. The van der Waals surface area contributed by atoms with Crippen LogP contribution in [0.1, 0.15) is 5.56 Å². The molecule has 0 saturated carbocycles. The fourth-order valence-electron chi connectivity index (χ4n) is 1.11. The van der Waals surface area contributed by atoms with Crippen molar-refractivity contribution in [1.82, 2.24) is 0 Å². The highest BCUT2D eigenvalue weighted by Gasteiger charge is 2.17. The van der Waals surface area contributed by atoms with Crippen molar-refractivity contribution in [1.29, 1.82) is 0 Å². The Hall–Kier alpha value is -0.610. The Balaban J connectivity index is 2.60. The summed E-state index contributed by atoms with van der Waals surface area (Å²) in [7, 11) is 2.89. The van der Waals surface area contributed by atoms with Crippen molar-refractivity contribution in [2.75, 3.05) is 6.26 Å². The number of benzene rings is 1. The zero-order valence-corrected chi connectivity index (χ0v) is 9.48. The van der Waals surface area contributed by atoms with E-state index in [1.165, 1.54) is 21.6 Å². The largest absolute Gasteiger partial charge is 0.480 e. The quantitative estimate of drug-likeness (QED) is 0.786. The van der Waals surface area contributed by atoms with Crippen LogP contribution in [0.2, 0.25) is 0 Å². The lowest BCUT2D eigenvalue weighted by atomic mass is 10.1. The molecule has 1 unspecified atom stereocenters. The van der Waals surface area contributed by atoms with Crippen LogP contribution in [0.25, 0.3) is 0 Å². The molecule has 0 aromatic heterocycles. The van der Waals surface area contributed by atoms with Gasteiger partial charge in [0.1, 0.15) is 5.25 Å². The number of carboxylic acid groups (broad SMARTS) is 1. The number of carbonyl (C=O) groups is 1. The van der Waals surface area contributed by atoms with Gasteiger partial charge in [0.05, 0.1) is 0 Å². The Morgan fingerprint density at radius 1 is 1.43 bits per heavy atom. The first-order chi connectivity index (χ1) is 6.74. The van der Waals surface area contributed by atoms with E-state index < -0.39 is 5.97 Å². The predicted molar refractivity (Wildman–Crippen MR) is 62.7 cm³/mol. The minimum Gasteiger partial charge on any atom is -0.480 e. The molecule has 1 N–H and O–H groups in total. The summed E-state index contributed by atoms with van der Waals surface area (Å²) in [4.78, 5) is 10.9. The Bertz CT molecular complexity index is 287. The second-order valence-electron chi connectivity index (χ2n) is 2.78. The van der Waals surface area contributed by atoms with Gasteiger partial charge in [-0.2, -0.15) is 0 Å². The van der Waals surface area contributed by atoms with Crippen molar-refractivity contribution in [3.05, 3.63) is 35.9 Å². The average molecular weight is 228 g/mol. The molecule has 0 spiro atoms. The number of rotatable bonds is 5. The number of hydrogen-bond acceptors (Lipinski definition) is 3. The van der Waals surface area contributed by atoms with E-state index in [4.69, 9.17) is 5.11 Å². The van der Waals surface area contributed by atoms with Gasteiger partial charge in [0.15, 0.2) is 0 Å². The number of hydrogen-bond donors (Lipinski definition) is 1. The molecular formula is C10H12O2S2. The third-order valence-electron chi connectivity index (χ3n) is 1.75. The molecule has 0 radical (unpaired) electrons. The van der Waals surface area contributed by atoms with Crippen molar-refractivity contribution >= 4 is 27.6 Å². The van der Waals surface area contributed by atoms with Crippen molar-refractivity contribution in [3.8, 4) is 0 Å². The molecule has 1 aromatic carbocycles. The monoisotopic (exact) mass is 228 g/mol. The molecule has 1 rings (SSSR count). The van der Waals surface area contributed by atoms with E-state index in [0.717, 1.165) is 5.56 Å². The summed E-state index contributed by atoms with van der Waals surface area (Å²) in [6.07, 6.45) is 2.48. The molecule has 0 saturated heterocycles. The molecule has 0 fully saturated rings. The second kappa shape index (κ2) is 5.98. The molecule has 0 aliphatic carbocycles. The Morgan fingerprint density at radius 2 is 2.07 bits per heavy atom. The lowest BCUT2D eigenvalue weighted by Gasteiger charge is -2.09. The molecule has 2 nitrogen and oxygen atoms in total. The van der Waals surface area contributed by atoms with Gasteiger partial charge in [-0.05, 0) is 18.2 Å². The van der Waals surface area contributed by atoms with Gasteiger partial charge in [-0.3, -0.25) is 4.79 Å². The standard InChI is InChI=1S/C10H12O2S2/c1-13-14-9(10(11)12)7-8-5-3-2-4-6-8/h2-6,9H,7H2,1H3,(H,11,12). The van der Waals surface area contributed by atoms with Gasteiger partial charge in [0.25, 0.3) is 0 Å². The van der Waals surface area contributed by atoms with Gasteiger partial charge < -0.3 is 5.11 Å². The van der Waals surface area contributed by atoms with Crippen LogP contribution in [0, 0.1) is 0 Å². The Labute approximate surface area is 91.5 Å². The van der Waals surface area contributed by atoms with Crippen molar-refractivity contribution in [2.45, 2.75) is 11.7 Å². The molecule has 0 aliphatic rings. The Morgan fingerprint density at radius 3 is 2.57 bits per heavy atom. The van der Waals surface area contributed by atoms with Gasteiger partial charge >= 0.3 is 5.97 Å². The summed E-state index contributed by atoms with van der Waals surface area (Å²) < 4.78 is 0. The SMILES string of the molecule is CSSC(Cc1ccccc1)C(=O)O. The maximum atomic E-state index is 10.9. The topological polar surface area (TPSA) is 37.3 Å². The summed E-state index contributed by atoms with van der Waals surface area (Å²) in [6.45, 7) is 0. The normalized spacial score (nSPS) is 12.4. The third kappa shape index (κ3) is 3.64. The predicted octanol–water partition coefficient (Wildman–Crippen LogP) is 2.69. The van der Waals surface area contributed by atoms with Crippen molar-refractivity contribution in [2.24, 2.45) is 0 Å². The van der Waals surface area contributed by atoms with Crippen LogP contribution in [-0.2, 0) is 11.2 Å². The minimum absolute atomic E-state index is 0.354. The van der Waals surface area contributed by atoms with Crippen LogP contribution in [0.3, 0.4) is 0 Å². The maximum Gasteiger partial charge on any atom is 0.317 e. The zero-order chi connectivity index (χ0) is 10.4. The van der Waals surface area contributed by atoms with Gasteiger partial charge in [-0.15, -0.1) is 0 Å². The number of aliphatic carboxylic acids is 1. The van der Waals surface area contributed by atoms with Crippen LogP contribution in [0.5, 0.6) is 0 Å². The minimum atomic E-state index is -0.742. The summed E-state index contributed by atoms with van der Waals surface area (Å²) in [5, 5.41) is 8.58. The number of carboxylic acids is 1. The van der Waals surface area contributed by atoms with E-state index in [0.29, 0.717) is 6.42 Å². The summed E-state index contributed by atoms with van der Waals surface area (Å²) in [5.41, 5.74) is 1.07. The van der Waals surface area contributed by atoms with Crippen molar-refractivity contribution < 1.29 is 9.90 Å². The lowest BCUT2D eigenvalue weighted by Crippen LogP contribution is -2.18. The smallest absolute Gasteiger partial charge is 0.317 e. The van der Waals surface area contributed by atoms with Crippen molar-refractivity contribution in [3.63, 3.8) is 0 Å². The highest BCUT2D eigenvalue weighted by molar-refractivity contribution is 8.76. The Kier molecular flexibility index (Phi) is 4.90. The fourth-order valence-corrected chi connectivity index (χ4v) is 2.83. The van der Waals surface area contributed by atoms with E-state index in [1.807, 2.05) is 36.6 Å². The lowest BCUT2D eigenvalue weighted by molar-refractivity contribution is -0.136. The van der Waals surface area contributed by atoms with Crippen LogP contribution in [0.15, 0.2) is 30.3 Å². The van der Waals surface area contributed by atoms with Gasteiger partial charge in [0.2, 0.25) is 0 Å². The van der Waals surface area contributed by atoms with Gasteiger partial charge in [-0.1, -0.05) is 51.9 Å². The summed E-state index contributed by atoms with van der Waals surface area (Å²) in [6, 6.07) is 9.70. The fraction of sp³-hybridized carbons (Fsp3) is 0.300. The molecule has 14 heavy (non-hydrogen) atoms. The van der Waals surface area contributed by atoms with Crippen LogP contribution < -0.4 is 0 Å². The molecular weight excluding hydrogens is 216 g/mol. The third-order valence-corrected chi connectivity index (χ3v) is 3.82. The van der Waals surface area contributed by atoms with E-state index >= 15 is 0 Å². The highest BCUT2D eigenvalue weighted by Crippen LogP contribution is 2.26. The van der Waals surface area contributed by atoms with Gasteiger partial charge in [-0.25, -0.2) is 0 Å². The van der Waals surface area contributed by atoms with E-state index in [-0.39, 0.29) is 5.25 Å². The van der Waals surface area contributed by atoms with Crippen LogP contribution in [0.4, 0.5) is 0 Å². The molecule has 0 bridgehead atoms. The molecule has 4 heteroatoms. The molecule has 0 aliphatic heterocycles. The maximum absolute atomic E-state index is 10.9. The van der Waals surface area contributed by atoms with Crippen LogP contribution >= 0.6 is 21.6 Å². The molecule has 0 amide bonds. The molecule has 0 heterocycles. The molecule has 1 atom stereocenters. The van der Waals surface area contributed by atoms with Crippen LogP contribution in [-0.4, -0.2) is 22.6 Å². The van der Waals surface area contributed by atoms with E-state index in [9.17, 15) is 4.79 Å². The van der Waals surface area contributed by atoms with E-state index in [2.05, 4.69) is 0 Å². The molecule has 76 valence electrons.